The van der Waals surface area contributed by atoms with Crippen LogP contribution in [0.2, 0.25) is 0 Å². The summed E-state index contributed by atoms with van der Waals surface area (Å²) in [5.74, 6) is 2.11. The Hall–Kier alpha value is -1.12. The van der Waals surface area contributed by atoms with E-state index in [1.807, 2.05) is 0 Å². The van der Waals surface area contributed by atoms with Gasteiger partial charge in [0.2, 0.25) is 0 Å². The Bertz CT molecular complexity index is 977. The van der Waals surface area contributed by atoms with Crippen molar-refractivity contribution in [1.82, 2.24) is 0 Å². The molecule has 6 aliphatic rings. The number of esters is 1. The summed E-state index contributed by atoms with van der Waals surface area (Å²) < 4.78 is 6.03. The highest BCUT2D eigenvalue weighted by Crippen LogP contribution is 2.76. The zero-order chi connectivity index (χ0) is 23.8. The number of carbonyl (C=O) groups is 2. The molecular weight excluding hydrogens is 408 g/mol. The van der Waals surface area contributed by atoms with Gasteiger partial charge in [-0.25, -0.2) is 0 Å². The molecule has 4 saturated carbocycles. The molecule has 0 amide bonds. The highest BCUT2D eigenvalue weighted by atomic mass is 16.6. The van der Waals surface area contributed by atoms with Crippen LogP contribution in [0.1, 0.15) is 106 Å². The fourth-order valence-electron chi connectivity index (χ4n) is 10.9. The van der Waals surface area contributed by atoms with Crippen molar-refractivity contribution >= 4 is 11.8 Å². The van der Waals surface area contributed by atoms with Gasteiger partial charge in [-0.05, 0) is 85.9 Å². The second kappa shape index (κ2) is 6.16. The number of hydrogen-bond donors (Lipinski definition) is 0. The van der Waals surface area contributed by atoms with Gasteiger partial charge in [-0.2, -0.15) is 0 Å². The van der Waals surface area contributed by atoms with Crippen molar-refractivity contribution in [1.29, 1.82) is 0 Å². The lowest BCUT2D eigenvalue weighted by Gasteiger charge is -2.70. The summed E-state index contributed by atoms with van der Waals surface area (Å²) in [4.78, 5) is 25.7. The fraction of sp³-hybridized carbons (Fsp3) is 0.867. The lowest BCUT2D eigenvalue weighted by molar-refractivity contribution is -0.186. The molecule has 2 bridgehead atoms. The first kappa shape index (κ1) is 22.4. The zero-order valence-corrected chi connectivity index (χ0v) is 22.0. The van der Waals surface area contributed by atoms with Gasteiger partial charge in [0.25, 0.3) is 0 Å². The normalized spacial score (nSPS) is 56.6. The molecule has 3 nitrogen and oxygen atoms in total. The number of carbonyl (C=O) groups excluding carboxylic acids is 2. The van der Waals surface area contributed by atoms with Gasteiger partial charge < -0.3 is 4.74 Å². The molecule has 0 spiro atoms. The lowest BCUT2D eigenvalue weighted by Crippen LogP contribution is -2.64. The highest BCUT2D eigenvalue weighted by Gasteiger charge is 2.70. The number of hydrogen-bond acceptors (Lipinski definition) is 3. The molecule has 6 rings (SSSR count). The van der Waals surface area contributed by atoms with Gasteiger partial charge in [-0.15, -0.1) is 0 Å². The second-order valence-corrected chi connectivity index (χ2v) is 14.9. The van der Waals surface area contributed by atoms with Crippen LogP contribution in [0.5, 0.6) is 0 Å². The monoisotopic (exact) mass is 452 g/mol. The van der Waals surface area contributed by atoms with Gasteiger partial charge in [0.1, 0.15) is 11.9 Å². The molecule has 0 N–H and O–H groups in total. The smallest absolute Gasteiger partial charge is 0.312 e. The summed E-state index contributed by atoms with van der Waals surface area (Å²) >= 11 is 0. The van der Waals surface area contributed by atoms with Crippen molar-refractivity contribution < 1.29 is 14.3 Å². The van der Waals surface area contributed by atoms with Gasteiger partial charge in [-0.3, -0.25) is 9.59 Å². The maximum Gasteiger partial charge on any atom is 0.312 e. The zero-order valence-electron chi connectivity index (χ0n) is 22.0. The number of rotatable bonds is 0. The van der Waals surface area contributed by atoms with E-state index in [0.29, 0.717) is 23.5 Å². The van der Waals surface area contributed by atoms with Gasteiger partial charge >= 0.3 is 5.97 Å². The van der Waals surface area contributed by atoms with E-state index >= 15 is 0 Å². The summed E-state index contributed by atoms with van der Waals surface area (Å²) in [5, 5.41) is 0. The third-order valence-electron chi connectivity index (χ3n) is 13.4. The molecule has 0 aromatic heterocycles. The average molecular weight is 453 g/mol. The maximum atomic E-state index is 12.9. The van der Waals surface area contributed by atoms with Crippen molar-refractivity contribution in [2.24, 2.45) is 50.2 Å². The predicted octanol–water partition coefficient (Wildman–Crippen LogP) is 6.89. The minimum absolute atomic E-state index is 0.0486. The molecule has 9 unspecified atom stereocenters. The molecule has 0 aromatic carbocycles. The minimum Gasteiger partial charge on any atom is -0.461 e. The van der Waals surface area contributed by atoms with E-state index in [1.165, 1.54) is 19.3 Å². The predicted molar refractivity (Wildman–Crippen MR) is 129 cm³/mol. The van der Waals surface area contributed by atoms with Crippen LogP contribution in [0.15, 0.2) is 11.6 Å². The van der Waals surface area contributed by atoms with Crippen LogP contribution >= 0.6 is 0 Å². The second-order valence-electron chi connectivity index (χ2n) is 14.9. The largest absolute Gasteiger partial charge is 0.461 e. The van der Waals surface area contributed by atoms with Gasteiger partial charge in [0.05, 0.1) is 5.41 Å². The molecule has 5 aliphatic carbocycles. The maximum absolute atomic E-state index is 12.9. The van der Waals surface area contributed by atoms with Gasteiger partial charge in [0.15, 0.2) is 0 Å². The van der Waals surface area contributed by atoms with E-state index < -0.39 is 0 Å². The van der Waals surface area contributed by atoms with Crippen molar-refractivity contribution in [2.75, 3.05) is 0 Å². The summed E-state index contributed by atoms with van der Waals surface area (Å²) in [6.07, 6.45) is 12.3. The van der Waals surface area contributed by atoms with Crippen LogP contribution in [-0.4, -0.2) is 17.9 Å². The van der Waals surface area contributed by atoms with Crippen LogP contribution in [0, 0.1) is 50.2 Å². The topological polar surface area (TPSA) is 43.4 Å². The first-order valence-electron chi connectivity index (χ1n) is 13.7. The van der Waals surface area contributed by atoms with E-state index in [1.54, 1.807) is 5.57 Å². The molecule has 1 aliphatic heterocycles. The molecule has 33 heavy (non-hydrogen) atoms. The molecule has 1 saturated heterocycles. The Kier molecular flexibility index (Phi) is 4.17. The lowest BCUT2D eigenvalue weighted by atomic mass is 9.33. The molecule has 1 heterocycles. The van der Waals surface area contributed by atoms with E-state index in [2.05, 4.69) is 54.5 Å². The first-order valence-corrected chi connectivity index (χ1v) is 13.7. The molecule has 9 atom stereocenters. The van der Waals surface area contributed by atoms with Gasteiger partial charge in [0, 0.05) is 23.7 Å². The summed E-state index contributed by atoms with van der Waals surface area (Å²) in [6, 6.07) is 0. The summed E-state index contributed by atoms with van der Waals surface area (Å²) in [6.45, 7) is 16.8. The van der Waals surface area contributed by atoms with Crippen molar-refractivity contribution in [3.05, 3.63) is 11.6 Å². The molecule has 0 radical (unpaired) electrons. The fourth-order valence-corrected chi connectivity index (χ4v) is 10.9. The Balaban J connectivity index is 1.44. The van der Waals surface area contributed by atoms with Crippen molar-refractivity contribution in [3.63, 3.8) is 0 Å². The first-order chi connectivity index (χ1) is 15.2. The average Bonchev–Trinajstić information content (AvgIpc) is 3.00. The molecule has 5 fully saturated rings. The van der Waals surface area contributed by atoms with E-state index in [4.69, 9.17) is 4.74 Å². The molecule has 182 valence electrons. The standard InChI is InChI=1S/C30H44O3/c1-25(2)20-10-13-30(7)21(28(20,5)12-11-22(25)31)9-8-18-19-16-26(3)17-23(33-24(26)32)27(19,4)14-15-29(18,30)6/h8,19-21,23H,9-17H2,1-7H3. The Labute approximate surface area is 200 Å². The van der Waals surface area contributed by atoms with Crippen LogP contribution in [0.25, 0.3) is 0 Å². The van der Waals surface area contributed by atoms with Crippen molar-refractivity contribution in [3.8, 4) is 0 Å². The molecule has 3 heteroatoms. The third-order valence-corrected chi connectivity index (χ3v) is 13.4. The minimum atomic E-state index is -0.302. The SMILES string of the molecule is CC12CC(OC1=O)C1(C)CCC3(C)C(=CCC4C5(C)CCC(=O)C(C)(C)C5CCC43C)C1C2. The van der Waals surface area contributed by atoms with Crippen LogP contribution < -0.4 is 0 Å². The van der Waals surface area contributed by atoms with Crippen molar-refractivity contribution in [2.45, 2.75) is 112 Å². The number of allylic oxidation sites excluding steroid dienone is 2. The summed E-state index contributed by atoms with van der Waals surface area (Å²) in [7, 11) is 0. The van der Waals surface area contributed by atoms with Crippen LogP contribution in [0.3, 0.4) is 0 Å². The number of Topliss-reactive ketones (excluding diaryl/α,β-unsaturated/α-hetero) is 1. The number of ether oxygens (including phenoxy) is 1. The Morgan fingerprint density at radius 2 is 1.58 bits per heavy atom. The highest BCUT2D eigenvalue weighted by molar-refractivity contribution is 5.85. The van der Waals surface area contributed by atoms with Crippen LogP contribution in [-0.2, 0) is 14.3 Å². The Morgan fingerprint density at radius 3 is 2.30 bits per heavy atom. The number of fused-ring (bicyclic) bond motifs is 10. The molecular formula is C30H44O3. The third kappa shape index (κ3) is 2.39. The van der Waals surface area contributed by atoms with Gasteiger partial charge in [-0.1, -0.05) is 53.2 Å². The summed E-state index contributed by atoms with van der Waals surface area (Å²) in [5.41, 5.74) is 1.91. The Morgan fingerprint density at radius 1 is 0.848 bits per heavy atom. The van der Waals surface area contributed by atoms with E-state index in [0.717, 1.165) is 38.5 Å². The molecule has 0 aromatic rings. The van der Waals surface area contributed by atoms with E-state index in [9.17, 15) is 9.59 Å². The van der Waals surface area contributed by atoms with Crippen LogP contribution in [0.4, 0.5) is 0 Å². The number of ketones is 1. The van der Waals surface area contributed by atoms with E-state index in [-0.39, 0.29) is 44.6 Å². The quantitative estimate of drug-likeness (QED) is 0.297.